The molecule has 1 saturated heterocycles. The van der Waals surface area contributed by atoms with Crippen molar-refractivity contribution in [2.75, 3.05) is 7.11 Å². The molecule has 1 atom stereocenters. The number of hydrogen-bond donors (Lipinski definition) is 0. The Hall–Kier alpha value is -2.15. The molecule has 110 valence electrons. The third-order valence-corrected chi connectivity index (χ3v) is 3.83. The quantitative estimate of drug-likeness (QED) is 0.634. The smallest absolute Gasteiger partial charge is 0.328 e. The Labute approximate surface area is 124 Å². The van der Waals surface area contributed by atoms with Crippen LogP contribution in [-0.2, 0) is 14.3 Å². The van der Waals surface area contributed by atoms with Crippen molar-refractivity contribution in [1.82, 2.24) is 4.90 Å². The Kier molecular flexibility index (Phi) is 4.42. The second-order valence-electron chi connectivity index (χ2n) is 4.27. The average molecular weight is 309 g/mol. The first-order chi connectivity index (χ1) is 9.95. The molecule has 5 nitrogen and oxygen atoms in total. The molecule has 1 aromatic rings. The van der Waals surface area contributed by atoms with Gasteiger partial charge in [-0.1, -0.05) is 18.2 Å². The third kappa shape index (κ3) is 2.97. The van der Waals surface area contributed by atoms with Crippen LogP contribution in [0.5, 0.6) is 0 Å². The lowest BCUT2D eigenvalue weighted by Gasteiger charge is -2.18. The molecule has 1 aliphatic rings. The molecule has 0 spiro atoms. The van der Waals surface area contributed by atoms with Gasteiger partial charge in [0.2, 0.25) is 0 Å². The van der Waals surface area contributed by atoms with Crippen molar-refractivity contribution in [1.29, 1.82) is 0 Å². The molecule has 0 unspecified atom stereocenters. The zero-order chi connectivity index (χ0) is 15.6. The minimum Gasteiger partial charge on any atom is -0.467 e. The van der Waals surface area contributed by atoms with E-state index >= 15 is 0 Å². The topological polar surface area (TPSA) is 63.7 Å². The van der Waals surface area contributed by atoms with Crippen molar-refractivity contribution in [2.45, 2.75) is 13.0 Å². The Bertz CT molecular complexity index is 644. The number of methoxy groups -OCH3 is 1. The van der Waals surface area contributed by atoms with Gasteiger partial charge < -0.3 is 4.74 Å². The summed E-state index contributed by atoms with van der Waals surface area (Å²) in [5.74, 6) is -1.82. The lowest BCUT2D eigenvalue weighted by atomic mass is 10.2. The third-order valence-electron chi connectivity index (χ3n) is 2.94. The minimum atomic E-state index is -1.02. The second-order valence-corrected chi connectivity index (χ2v) is 5.27. The van der Waals surface area contributed by atoms with Crippen LogP contribution >= 0.6 is 11.8 Å². The number of esters is 1. The summed E-state index contributed by atoms with van der Waals surface area (Å²) in [5, 5.41) is -0.583. The van der Waals surface area contributed by atoms with E-state index in [4.69, 9.17) is 0 Å². The molecular formula is C14H12FNO4S. The molecule has 1 aliphatic heterocycles. The number of thioether (sulfide) groups is 1. The highest BCUT2D eigenvalue weighted by atomic mass is 32.2. The van der Waals surface area contributed by atoms with E-state index in [1.165, 1.54) is 38.3 Å². The molecule has 1 aromatic carbocycles. The van der Waals surface area contributed by atoms with Crippen molar-refractivity contribution in [2.24, 2.45) is 0 Å². The molecular weight excluding hydrogens is 297 g/mol. The van der Waals surface area contributed by atoms with E-state index in [1.807, 2.05) is 0 Å². The lowest BCUT2D eigenvalue weighted by Crippen LogP contribution is -2.42. The van der Waals surface area contributed by atoms with Crippen LogP contribution in [0.3, 0.4) is 0 Å². The van der Waals surface area contributed by atoms with E-state index in [9.17, 15) is 18.8 Å². The van der Waals surface area contributed by atoms with Gasteiger partial charge in [-0.25, -0.2) is 9.18 Å². The molecule has 0 N–H and O–H groups in total. The maximum atomic E-state index is 13.6. The molecule has 0 bridgehead atoms. The number of nitrogens with zero attached hydrogens (tertiary/aromatic N) is 1. The van der Waals surface area contributed by atoms with Gasteiger partial charge in [-0.2, -0.15) is 0 Å². The minimum absolute atomic E-state index is 0.0702. The fraction of sp³-hybridized carbons (Fsp3) is 0.214. The van der Waals surface area contributed by atoms with Gasteiger partial charge in [-0.05, 0) is 30.8 Å². The molecule has 21 heavy (non-hydrogen) atoms. The van der Waals surface area contributed by atoms with Crippen LogP contribution in [0.15, 0.2) is 29.2 Å². The van der Waals surface area contributed by atoms with Crippen molar-refractivity contribution in [3.63, 3.8) is 0 Å². The van der Waals surface area contributed by atoms with Gasteiger partial charge in [0.1, 0.15) is 11.9 Å². The van der Waals surface area contributed by atoms with Crippen LogP contribution in [0, 0.1) is 5.82 Å². The number of amides is 2. The van der Waals surface area contributed by atoms with Crippen LogP contribution in [0.4, 0.5) is 9.18 Å². The highest BCUT2D eigenvalue weighted by Crippen LogP contribution is 2.34. The number of rotatable bonds is 3. The maximum absolute atomic E-state index is 13.6. The average Bonchev–Trinajstić information content (AvgIpc) is 2.74. The molecule has 1 heterocycles. The standard InChI is InChI=1S/C14H12FNO4S/c1-8(13(18)20-2)16-12(17)11(21-14(16)19)7-9-5-3-4-6-10(9)15/h3-8H,1-2H3/b11-7-/t8-/m1/s1. The summed E-state index contributed by atoms with van der Waals surface area (Å²) in [4.78, 5) is 36.4. The van der Waals surface area contributed by atoms with Gasteiger partial charge in [-0.15, -0.1) is 0 Å². The number of hydrogen-bond acceptors (Lipinski definition) is 5. The first-order valence-electron chi connectivity index (χ1n) is 6.05. The maximum Gasteiger partial charge on any atom is 0.328 e. The number of ether oxygens (including phenoxy) is 1. The van der Waals surface area contributed by atoms with Gasteiger partial charge in [0.15, 0.2) is 0 Å². The molecule has 2 rings (SSSR count). The van der Waals surface area contributed by atoms with Crippen molar-refractivity contribution in [3.8, 4) is 0 Å². The van der Waals surface area contributed by atoms with Crippen LogP contribution in [0.1, 0.15) is 12.5 Å². The molecule has 0 saturated carbocycles. The largest absolute Gasteiger partial charge is 0.467 e. The highest BCUT2D eigenvalue weighted by Gasteiger charge is 2.41. The number of halogens is 1. The van der Waals surface area contributed by atoms with Crippen molar-refractivity contribution in [3.05, 3.63) is 40.6 Å². The Morgan fingerprint density at radius 2 is 2.05 bits per heavy atom. The van der Waals surface area contributed by atoms with E-state index in [0.717, 1.165) is 4.90 Å². The van der Waals surface area contributed by atoms with Crippen molar-refractivity contribution < 1.29 is 23.5 Å². The summed E-state index contributed by atoms with van der Waals surface area (Å²) in [5.41, 5.74) is 0.203. The normalized spacial score (nSPS) is 18.2. The summed E-state index contributed by atoms with van der Waals surface area (Å²) in [6.45, 7) is 1.40. The second kappa shape index (κ2) is 6.09. The fourth-order valence-electron chi connectivity index (χ4n) is 1.82. The monoisotopic (exact) mass is 309 g/mol. The van der Waals surface area contributed by atoms with Gasteiger partial charge in [0.05, 0.1) is 12.0 Å². The molecule has 7 heteroatoms. The predicted octanol–water partition coefficient (Wildman–Crippen LogP) is 2.42. The summed E-state index contributed by atoms with van der Waals surface area (Å²) in [6.07, 6.45) is 1.30. The molecule has 0 aliphatic carbocycles. The summed E-state index contributed by atoms with van der Waals surface area (Å²) in [7, 11) is 1.17. The highest BCUT2D eigenvalue weighted by molar-refractivity contribution is 8.18. The van der Waals surface area contributed by atoms with Crippen LogP contribution < -0.4 is 0 Å². The van der Waals surface area contributed by atoms with Crippen LogP contribution in [-0.4, -0.2) is 35.2 Å². The number of benzene rings is 1. The summed E-state index contributed by atoms with van der Waals surface area (Å²) < 4.78 is 18.1. The van der Waals surface area contributed by atoms with E-state index in [-0.39, 0.29) is 10.5 Å². The number of carbonyl (C=O) groups is 3. The number of imide groups is 1. The van der Waals surface area contributed by atoms with Crippen LogP contribution in [0.2, 0.25) is 0 Å². The zero-order valence-corrected chi connectivity index (χ0v) is 12.1. The summed E-state index contributed by atoms with van der Waals surface area (Å²) in [6, 6.07) is 4.88. The van der Waals surface area contributed by atoms with Gasteiger partial charge in [0, 0.05) is 5.56 Å². The Balaban J connectivity index is 2.30. The van der Waals surface area contributed by atoms with E-state index in [2.05, 4.69) is 4.74 Å². The van der Waals surface area contributed by atoms with Gasteiger partial charge in [0.25, 0.3) is 11.1 Å². The van der Waals surface area contributed by atoms with Gasteiger partial charge in [-0.3, -0.25) is 14.5 Å². The first kappa shape index (κ1) is 15.2. The summed E-state index contributed by atoms with van der Waals surface area (Å²) >= 11 is 0.666. The number of carbonyl (C=O) groups excluding carboxylic acids is 3. The van der Waals surface area contributed by atoms with Gasteiger partial charge >= 0.3 is 5.97 Å². The SMILES string of the molecule is COC(=O)[C@@H](C)N1C(=O)S/C(=C\c2ccccc2F)C1=O. The van der Waals surface area contributed by atoms with E-state index in [1.54, 1.807) is 6.07 Å². The predicted molar refractivity (Wildman–Crippen MR) is 75.7 cm³/mol. The lowest BCUT2D eigenvalue weighted by molar-refractivity contribution is -0.148. The van der Waals surface area contributed by atoms with E-state index < -0.39 is 29.0 Å². The molecule has 2 amide bonds. The molecule has 0 aromatic heterocycles. The first-order valence-corrected chi connectivity index (χ1v) is 6.86. The van der Waals surface area contributed by atoms with Crippen LogP contribution in [0.25, 0.3) is 6.08 Å². The van der Waals surface area contributed by atoms with Crippen molar-refractivity contribution >= 4 is 35.0 Å². The molecule has 1 fully saturated rings. The Morgan fingerprint density at radius 3 is 2.67 bits per heavy atom. The fourth-order valence-corrected chi connectivity index (χ4v) is 2.72. The Morgan fingerprint density at radius 1 is 1.38 bits per heavy atom. The van der Waals surface area contributed by atoms with E-state index in [0.29, 0.717) is 11.8 Å². The molecule has 0 radical (unpaired) electrons. The zero-order valence-electron chi connectivity index (χ0n) is 11.3.